The van der Waals surface area contributed by atoms with E-state index in [9.17, 15) is 29.4 Å². The number of carbonyl (C=O) groups excluding carboxylic acids is 4. The molecule has 0 aromatic heterocycles. The Morgan fingerprint density at radius 2 is 0.946 bits per heavy atom. The minimum absolute atomic E-state index is 0.00842. The molecule has 0 heterocycles. The van der Waals surface area contributed by atoms with Crippen LogP contribution in [0.5, 0.6) is 11.5 Å². The molecule has 0 saturated carbocycles. The normalized spacial score (nSPS) is 12.1. The highest BCUT2D eigenvalue weighted by Crippen LogP contribution is 2.37. The molecular weight excluding hydrogens is 761 g/mol. The Bertz CT molecular complexity index is 1690. The van der Waals surface area contributed by atoms with Crippen LogP contribution in [0.4, 0.5) is 41.9 Å². The molecule has 56 heavy (non-hydrogen) atoms. The number of nitrogens with one attached hydrogen (secondary N) is 7. The fraction of sp³-hybridized carbons (Fsp3) is 0.600. The number of anilines is 4. The first-order valence-corrected chi connectivity index (χ1v) is 19.2. The number of hydrogen-bond donors (Lipinski definition) is 9. The molecule has 16 heteroatoms. The largest absolute Gasteiger partial charge is 0.504 e. The molecule has 0 aliphatic carbocycles. The van der Waals surface area contributed by atoms with Crippen LogP contribution in [0, 0.1) is 16.7 Å². The monoisotopic (exact) mass is 825 g/mol. The van der Waals surface area contributed by atoms with Crippen molar-refractivity contribution in [2.45, 2.75) is 133 Å². The number of halogens is 2. The molecule has 316 valence electrons. The maximum absolute atomic E-state index is 12.4. The summed E-state index contributed by atoms with van der Waals surface area (Å²) in [6.07, 6.45) is 0.842. The van der Waals surface area contributed by atoms with Gasteiger partial charge in [0.1, 0.15) is 0 Å². The Morgan fingerprint density at radius 3 is 1.29 bits per heavy atom. The molecule has 0 aliphatic heterocycles. The number of phenolic OH excluding ortho intramolecular Hbond substituents is 2. The number of rotatable bonds is 10. The summed E-state index contributed by atoms with van der Waals surface area (Å²) >= 11 is 12.1. The van der Waals surface area contributed by atoms with Crippen LogP contribution in [-0.4, -0.2) is 57.6 Å². The lowest BCUT2D eigenvalue weighted by Crippen LogP contribution is -2.47. The van der Waals surface area contributed by atoms with E-state index >= 15 is 0 Å². The lowest BCUT2D eigenvalue weighted by Gasteiger charge is -2.33. The Morgan fingerprint density at radius 1 is 0.589 bits per heavy atom. The number of aromatic hydroxyl groups is 2. The molecule has 0 spiro atoms. The van der Waals surface area contributed by atoms with E-state index in [1.165, 1.54) is 24.3 Å². The SMILES string of the molecule is CC(C)(C)CC(C)(C)NC(=O)Nc1cc(Cl)c(O)c(NC(=O)NC(C)(C)C)c1.CC(C)COC(=O)Nc1cc(NC(=O)NC(C)(C)CC(C)(C)C)cc(Cl)c1O. The third kappa shape index (κ3) is 20.6. The molecule has 9 N–H and O–H groups in total. The Kier molecular flexibility index (Phi) is 17.5. The molecule has 14 nitrogen and oxygen atoms in total. The maximum atomic E-state index is 12.4. The molecule has 2 aromatic rings. The van der Waals surface area contributed by atoms with Gasteiger partial charge in [0.15, 0.2) is 11.5 Å². The molecule has 0 radical (unpaired) electrons. The molecular formula is C40H65Cl2N7O7. The summed E-state index contributed by atoms with van der Waals surface area (Å²) in [5.74, 6) is -0.400. The van der Waals surface area contributed by atoms with Crippen LogP contribution in [0.3, 0.4) is 0 Å². The zero-order valence-corrected chi connectivity index (χ0v) is 37.2. The third-order valence-electron chi connectivity index (χ3n) is 7.01. The van der Waals surface area contributed by atoms with Crippen molar-refractivity contribution in [3.63, 3.8) is 0 Å². The lowest BCUT2D eigenvalue weighted by atomic mass is 9.82. The van der Waals surface area contributed by atoms with Crippen molar-refractivity contribution in [1.29, 1.82) is 0 Å². The van der Waals surface area contributed by atoms with Gasteiger partial charge in [-0.25, -0.2) is 19.2 Å². The number of carbonyl (C=O) groups is 4. The van der Waals surface area contributed by atoms with Gasteiger partial charge in [-0.2, -0.15) is 0 Å². The smallest absolute Gasteiger partial charge is 0.411 e. The highest BCUT2D eigenvalue weighted by atomic mass is 35.5. The third-order valence-corrected chi connectivity index (χ3v) is 7.59. The zero-order chi connectivity index (χ0) is 43.6. The molecule has 0 atom stereocenters. The summed E-state index contributed by atoms with van der Waals surface area (Å²) in [4.78, 5) is 48.7. The molecule has 0 saturated heterocycles. The summed E-state index contributed by atoms with van der Waals surface area (Å²) < 4.78 is 5.03. The number of benzene rings is 2. The Hall–Kier alpha value is -4.30. The van der Waals surface area contributed by atoms with Gasteiger partial charge in [0, 0.05) is 28.0 Å². The molecule has 7 amide bonds. The summed E-state index contributed by atoms with van der Waals surface area (Å²) in [5, 5.41) is 39.1. The second-order valence-electron chi connectivity index (χ2n) is 19.1. The fourth-order valence-electron chi connectivity index (χ4n) is 6.09. The van der Waals surface area contributed by atoms with E-state index < -0.39 is 40.8 Å². The van der Waals surface area contributed by atoms with E-state index in [-0.39, 0.29) is 56.3 Å². The first-order chi connectivity index (χ1) is 25.2. The topological polar surface area (TPSA) is 202 Å². The van der Waals surface area contributed by atoms with Gasteiger partial charge in [-0.3, -0.25) is 5.32 Å². The highest BCUT2D eigenvalue weighted by Gasteiger charge is 2.28. The van der Waals surface area contributed by atoms with Crippen molar-refractivity contribution >= 4 is 70.1 Å². The van der Waals surface area contributed by atoms with E-state index in [1.54, 1.807) is 0 Å². The summed E-state index contributed by atoms with van der Waals surface area (Å²) in [5.41, 5.74) is -0.380. The summed E-state index contributed by atoms with van der Waals surface area (Å²) in [6.45, 7) is 30.0. The Labute approximate surface area is 343 Å². The van der Waals surface area contributed by atoms with E-state index in [1.807, 2.05) is 62.3 Å². The van der Waals surface area contributed by atoms with Crippen molar-refractivity contribution in [2.75, 3.05) is 27.9 Å². The first-order valence-electron chi connectivity index (χ1n) is 18.4. The molecule has 0 aliphatic rings. The van der Waals surface area contributed by atoms with Crippen LogP contribution < -0.4 is 37.2 Å². The van der Waals surface area contributed by atoms with Crippen molar-refractivity contribution < 1.29 is 34.1 Å². The first kappa shape index (κ1) is 49.7. The molecule has 0 bridgehead atoms. The summed E-state index contributed by atoms with van der Waals surface area (Å²) in [7, 11) is 0. The van der Waals surface area contributed by atoms with Crippen LogP contribution in [0.2, 0.25) is 10.0 Å². The predicted molar refractivity (Wildman–Crippen MR) is 229 cm³/mol. The number of amides is 7. The van der Waals surface area contributed by atoms with Crippen LogP contribution in [0.1, 0.15) is 117 Å². The van der Waals surface area contributed by atoms with Crippen LogP contribution in [0.15, 0.2) is 24.3 Å². The molecule has 2 aromatic carbocycles. The van der Waals surface area contributed by atoms with E-state index in [2.05, 4.69) is 78.8 Å². The van der Waals surface area contributed by atoms with Gasteiger partial charge in [0.2, 0.25) is 0 Å². The van der Waals surface area contributed by atoms with Gasteiger partial charge in [-0.05, 0) is 102 Å². The minimum Gasteiger partial charge on any atom is -0.504 e. The number of urea groups is 3. The van der Waals surface area contributed by atoms with Crippen LogP contribution >= 0.6 is 23.2 Å². The fourth-order valence-corrected chi connectivity index (χ4v) is 6.53. The van der Waals surface area contributed by atoms with E-state index in [0.29, 0.717) is 11.4 Å². The second-order valence-corrected chi connectivity index (χ2v) is 19.9. The minimum atomic E-state index is -0.715. The maximum Gasteiger partial charge on any atom is 0.411 e. The van der Waals surface area contributed by atoms with E-state index in [0.717, 1.165) is 12.8 Å². The standard InChI is InChI=1S/C20H33ClN4O3.C20H32ClN3O4/c1-18(2,3)11-20(7,8)25-16(27)22-12-9-13(21)15(26)14(10-12)23-17(28)24-19(4,5)6;1-12(2)10-28-18(27)23-15-9-13(8-14(21)16(15)25)22-17(26)24-20(6,7)11-19(3,4)5/h9-10,26H,11H2,1-8H3,(H2,22,25,27)(H2,23,24,28);8-9,12,25H,10-11H2,1-7H3,(H,23,27)(H2,22,24,26). The van der Waals surface area contributed by atoms with Gasteiger partial charge in [-0.15, -0.1) is 0 Å². The number of hydrogen-bond acceptors (Lipinski definition) is 7. The predicted octanol–water partition coefficient (Wildman–Crippen LogP) is 10.9. The second kappa shape index (κ2) is 19.7. The van der Waals surface area contributed by atoms with Crippen LogP contribution in [-0.2, 0) is 4.74 Å². The average Bonchev–Trinajstić information content (AvgIpc) is 2.93. The van der Waals surface area contributed by atoms with Crippen molar-refractivity contribution in [3.05, 3.63) is 34.3 Å². The average molecular weight is 827 g/mol. The van der Waals surface area contributed by atoms with Crippen molar-refractivity contribution in [1.82, 2.24) is 16.0 Å². The van der Waals surface area contributed by atoms with Gasteiger partial charge >= 0.3 is 24.2 Å². The zero-order valence-electron chi connectivity index (χ0n) is 35.7. The highest BCUT2D eigenvalue weighted by molar-refractivity contribution is 6.33. The van der Waals surface area contributed by atoms with Crippen LogP contribution in [0.25, 0.3) is 0 Å². The quantitative estimate of drug-likeness (QED) is 0.0837. The van der Waals surface area contributed by atoms with Gasteiger partial charge in [0.25, 0.3) is 0 Å². The van der Waals surface area contributed by atoms with Gasteiger partial charge in [0.05, 0.1) is 28.0 Å². The van der Waals surface area contributed by atoms with Crippen molar-refractivity contribution in [2.24, 2.45) is 16.7 Å². The number of phenols is 2. The lowest BCUT2D eigenvalue weighted by molar-refractivity contribution is 0.147. The van der Waals surface area contributed by atoms with Crippen molar-refractivity contribution in [3.8, 4) is 11.5 Å². The van der Waals surface area contributed by atoms with Gasteiger partial charge < -0.3 is 46.9 Å². The molecule has 2 rings (SSSR count). The molecule has 0 unspecified atom stereocenters. The Balaban J connectivity index is 0.000000560. The van der Waals surface area contributed by atoms with Gasteiger partial charge in [-0.1, -0.05) is 78.6 Å². The molecule has 0 fully saturated rings. The number of ether oxygens (including phenoxy) is 1. The summed E-state index contributed by atoms with van der Waals surface area (Å²) in [6, 6.07) is 4.36. The van der Waals surface area contributed by atoms with E-state index in [4.69, 9.17) is 27.9 Å².